The number of likely N-dealkylation sites (tertiary alicyclic amines) is 1. The first kappa shape index (κ1) is 12.0. The van der Waals surface area contributed by atoms with E-state index in [2.05, 4.69) is 21.9 Å². The third-order valence-electron chi connectivity index (χ3n) is 3.71. The first-order chi connectivity index (χ1) is 9.34. The third kappa shape index (κ3) is 2.52. The van der Waals surface area contributed by atoms with E-state index in [9.17, 15) is 4.79 Å². The van der Waals surface area contributed by atoms with Gasteiger partial charge in [0.1, 0.15) is 0 Å². The molecule has 3 heterocycles. The molecule has 0 saturated carbocycles. The highest BCUT2D eigenvalue weighted by atomic mass is 16.2. The van der Waals surface area contributed by atoms with E-state index in [1.807, 2.05) is 23.1 Å². The maximum absolute atomic E-state index is 12.3. The molecule has 0 aromatic carbocycles. The Morgan fingerprint density at radius 1 is 1.16 bits per heavy atom. The molecule has 1 fully saturated rings. The molecule has 0 radical (unpaired) electrons. The van der Waals surface area contributed by atoms with Gasteiger partial charge in [-0.2, -0.15) is 0 Å². The molecule has 19 heavy (non-hydrogen) atoms. The van der Waals surface area contributed by atoms with Crippen molar-refractivity contribution in [1.82, 2.24) is 14.5 Å². The fourth-order valence-corrected chi connectivity index (χ4v) is 2.63. The summed E-state index contributed by atoms with van der Waals surface area (Å²) >= 11 is 0. The molecule has 0 spiro atoms. The molecule has 3 rings (SSSR count). The van der Waals surface area contributed by atoms with Gasteiger partial charge in [-0.1, -0.05) is 0 Å². The van der Waals surface area contributed by atoms with Crippen molar-refractivity contribution in [3.63, 3.8) is 0 Å². The lowest BCUT2D eigenvalue weighted by atomic mass is 10.0. The minimum absolute atomic E-state index is 0.0963. The van der Waals surface area contributed by atoms with Gasteiger partial charge in [-0.25, -0.2) is 0 Å². The van der Waals surface area contributed by atoms with Crippen LogP contribution in [0, 0.1) is 0 Å². The quantitative estimate of drug-likeness (QED) is 0.826. The molecular weight excluding hydrogens is 238 g/mol. The first-order valence-electron chi connectivity index (χ1n) is 6.66. The predicted octanol–water partition coefficient (Wildman–Crippen LogP) is 2.36. The second kappa shape index (κ2) is 5.26. The van der Waals surface area contributed by atoms with Gasteiger partial charge in [-0.15, -0.1) is 0 Å². The minimum atomic E-state index is 0.0963. The summed E-state index contributed by atoms with van der Waals surface area (Å²) in [5, 5.41) is 0. The van der Waals surface area contributed by atoms with Gasteiger partial charge in [0.15, 0.2) is 0 Å². The number of carbonyl (C=O) groups excluding carboxylic acids is 1. The summed E-state index contributed by atoms with van der Waals surface area (Å²) in [5.74, 6) is 0.0963. The Morgan fingerprint density at radius 2 is 1.89 bits per heavy atom. The van der Waals surface area contributed by atoms with E-state index in [-0.39, 0.29) is 5.91 Å². The Hall–Kier alpha value is -2.10. The second-order valence-electron chi connectivity index (χ2n) is 4.90. The molecule has 1 amide bonds. The summed E-state index contributed by atoms with van der Waals surface area (Å²) in [5.41, 5.74) is 0.682. The summed E-state index contributed by atoms with van der Waals surface area (Å²) in [4.78, 5) is 18.2. The van der Waals surface area contributed by atoms with Crippen molar-refractivity contribution in [2.75, 3.05) is 13.1 Å². The Kier molecular flexibility index (Phi) is 3.31. The molecule has 4 heteroatoms. The third-order valence-corrected chi connectivity index (χ3v) is 3.71. The molecule has 1 saturated heterocycles. The largest absolute Gasteiger partial charge is 0.351 e. The molecule has 98 valence electrons. The van der Waals surface area contributed by atoms with Gasteiger partial charge in [-0.3, -0.25) is 9.78 Å². The fourth-order valence-electron chi connectivity index (χ4n) is 2.63. The van der Waals surface area contributed by atoms with Gasteiger partial charge in [0, 0.05) is 43.9 Å². The molecule has 1 aliphatic heterocycles. The molecule has 2 aromatic rings. The van der Waals surface area contributed by atoms with Crippen molar-refractivity contribution in [3.05, 3.63) is 54.6 Å². The molecule has 0 unspecified atom stereocenters. The highest BCUT2D eigenvalue weighted by molar-refractivity contribution is 5.93. The fraction of sp³-hybridized carbons (Fsp3) is 0.333. The molecule has 0 aliphatic carbocycles. The minimum Gasteiger partial charge on any atom is -0.351 e. The topological polar surface area (TPSA) is 38.1 Å². The number of hydrogen-bond acceptors (Lipinski definition) is 2. The lowest BCUT2D eigenvalue weighted by molar-refractivity contribution is 0.0694. The Morgan fingerprint density at radius 3 is 2.53 bits per heavy atom. The number of amides is 1. The van der Waals surface area contributed by atoms with Gasteiger partial charge in [0.05, 0.1) is 5.56 Å². The van der Waals surface area contributed by atoms with Crippen LogP contribution in [0.2, 0.25) is 0 Å². The van der Waals surface area contributed by atoms with Crippen LogP contribution in [0.5, 0.6) is 0 Å². The average Bonchev–Trinajstić information content (AvgIpc) is 3.02. The SMILES string of the molecule is O=C(c1cccnc1)N1CCC(n2cccc2)CC1. The van der Waals surface area contributed by atoms with Gasteiger partial charge in [0.2, 0.25) is 0 Å². The number of rotatable bonds is 2. The van der Waals surface area contributed by atoms with E-state index in [0.29, 0.717) is 11.6 Å². The Bertz CT molecular complexity index is 528. The molecule has 4 nitrogen and oxygen atoms in total. The zero-order chi connectivity index (χ0) is 13.1. The number of piperidine rings is 1. The number of pyridine rings is 1. The standard InChI is InChI=1S/C15H17N3O/c19-15(13-4-3-7-16-12-13)18-10-5-14(6-11-18)17-8-1-2-9-17/h1-4,7-9,12,14H,5-6,10-11H2. The highest BCUT2D eigenvalue weighted by Gasteiger charge is 2.24. The van der Waals surface area contributed by atoms with E-state index in [0.717, 1.165) is 25.9 Å². The van der Waals surface area contributed by atoms with Crippen molar-refractivity contribution in [2.24, 2.45) is 0 Å². The molecule has 2 aromatic heterocycles. The van der Waals surface area contributed by atoms with Crippen LogP contribution in [0.3, 0.4) is 0 Å². The molecule has 0 bridgehead atoms. The van der Waals surface area contributed by atoms with E-state index >= 15 is 0 Å². The van der Waals surface area contributed by atoms with Crippen molar-refractivity contribution in [1.29, 1.82) is 0 Å². The molecular formula is C15H17N3O. The first-order valence-corrected chi connectivity index (χ1v) is 6.66. The zero-order valence-corrected chi connectivity index (χ0v) is 10.8. The molecule has 1 aliphatic rings. The van der Waals surface area contributed by atoms with Gasteiger partial charge < -0.3 is 9.47 Å². The Balaban J connectivity index is 1.63. The van der Waals surface area contributed by atoms with E-state index in [1.165, 1.54) is 0 Å². The monoisotopic (exact) mass is 255 g/mol. The van der Waals surface area contributed by atoms with Crippen LogP contribution in [0.4, 0.5) is 0 Å². The van der Waals surface area contributed by atoms with Crippen LogP contribution in [0.25, 0.3) is 0 Å². The van der Waals surface area contributed by atoms with Crippen LogP contribution in [0.1, 0.15) is 29.2 Å². The van der Waals surface area contributed by atoms with Crippen molar-refractivity contribution < 1.29 is 4.79 Å². The second-order valence-corrected chi connectivity index (χ2v) is 4.90. The van der Waals surface area contributed by atoms with Gasteiger partial charge in [-0.05, 0) is 37.1 Å². The summed E-state index contributed by atoms with van der Waals surface area (Å²) in [7, 11) is 0. The summed E-state index contributed by atoms with van der Waals surface area (Å²) in [6.07, 6.45) is 9.56. The zero-order valence-electron chi connectivity index (χ0n) is 10.8. The van der Waals surface area contributed by atoms with Crippen molar-refractivity contribution in [2.45, 2.75) is 18.9 Å². The summed E-state index contributed by atoms with van der Waals surface area (Å²) in [6.45, 7) is 1.63. The van der Waals surface area contributed by atoms with Gasteiger partial charge in [0.25, 0.3) is 5.91 Å². The maximum Gasteiger partial charge on any atom is 0.255 e. The smallest absolute Gasteiger partial charge is 0.255 e. The molecule has 0 atom stereocenters. The van der Waals surface area contributed by atoms with E-state index in [4.69, 9.17) is 0 Å². The van der Waals surface area contributed by atoms with E-state index < -0.39 is 0 Å². The lowest BCUT2D eigenvalue weighted by Crippen LogP contribution is -2.38. The average molecular weight is 255 g/mol. The van der Waals surface area contributed by atoms with Gasteiger partial charge >= 0.3 is 0 Å². The van der Waals surface area contributed by atoms with Crippen molar-refractivity contribution in [3.8, 4) is 0 Å². The highest BCUT2D eigenvalue weighted by Crippen LogP contribution is 2.23. The lowest BCUT2D eigenvalue weighted by Gasteiger charge is -2.32. The molecule has 0 N–H and O–H groups in total. The van der Waals surface area contributed by atoms with Crippen molar-refractivity contribution >= 4 is 5.91 Å². The van der Waals surface area contributed by atoms with Crippen LogP contribution < -0.4 is 0 Å². The van der Waals surface area contributed by atoms with Crippen LogP contribution >= 0.6 is 0 Å². The maximum atomic E-state index is 12.3. The number of nitrogens with zero attached hydrogens (tertiary/aromatic N) is 3. The van der Waals surface area contributed by atoms with E-state index in [1.54, 1.807) is 18.5 Å². The predicted molar refractivity (Wildman–Crippen MR) is 72.8 cm³/mol. The summed E-state index contributed by atoms with van der Waals surface area (Å²) < 4.78 is 2.24. The summed E-state index contributed by atoms with van der Waals surface area (Å²) in [6, 6.07) is 8.25. The van der Waals surface area contributed by atoms with Crippen LogP contribution in [-0.4, -0.2) is 33.4 Å². The Labute approximate surface area is 112 Å². The normalized spacial score (nSPS) is 16.5. The van der Waals surface area contributed by atoms with Crippen LogP contribution in [-0.2, 0) is 0 Å². The number of carbonyl (C=O) groups is 1. The number of aromatic nitrogens is 2. The van der Waals surface area contributed by atoms with Crippen LogP contribution in [0.15, 0.2) is 49.1 Å². The number of hydrogen-bond donors (Lipinski definition) is 0.